The van der Waals surface area contributed by atoms with E-state index in [4.69, 9.17) is 16.3 Å². The van der Waals surface area contributed by atoms with Gasteiger partial charge in [0.2, 0.25) is 0 Å². The average Bonchev–Trinajstić information content (AvgIpc) is 3.09. The molecule has 0 saturated heterocycles. The summed E-state index contributed by atoms with van der Waals surface area (Å²) < 4.78 is 73.1. The molecular weight excluding hydrogens is 503 g/mol. The van der Waals surface area contributed by atoms with Crippen LogP contribution in [0.25, 0.3) is 0 Å². The monoisotopic (exact) mass is 527 g/mol. The second-order valence-corrected chi connectivity index (χ2v) is 11.6. The normalized spacial score (nSPS) is 23.8. The highest BCUT2D eigenvalue weighted by molar-refractivity contribution is 7.92. The Kier molecular flexibility index (Phi) is 7.59. The van der Waals surface area contributed by atoms with Gasteiger partial charge in [0.15, 0.2) is 27.3 Å². The van der Waals surface area contributed by atoms with Crippen LogP contribution in [0.3, 0.4) is 0 Å². The highest BCUT2D eigenvalue weighted by Crippen LogP contribution is 2.50. The molecule has 0 radical (unpaired) electrons. The Morgan fingerprint density at radius 3 is 2.34 bits per heavy atom. The second-order valence-electron chi connectivity index (χ2n) is 9.12. The maximum atomic E-state index is 13.7. The lowest BCUT2D eigenvalue weighted by Gasteiger charge is -2.35. The third-order valence-corrected chi connectivity index (χ3v) is 9.68. The van der Waals surface area contributed by atoms with Crippen LogP contribution in [0.5, 0.6) is 0 Å². The maximum Gasteiger partial charge on any atom is 0.255 e. The lowest BCUT2D eigenvalue weighted by Crippen LogP contribution is -2.38. The van der Waals surface area contributed by atoms with Gasteiger partial charge in [0.25, 0.3) is 5.91 Å². The van der Waals surface area contributed by atoms with Crippen LogP contribution in [0, 0.1) is 35.2 Å². The van der Waals surface area contributed by atoms with Crippen molar-refractivity contribution in [2.75, 3.05) is 18.5 Å². The van der Waals surface area contributed by atoms with Crippen molar-refractivity contribution in [2.45, 2.75) is 35.8 Å². The first-order chi connectivity index (χ1) is 16.6. The van der Waals surface area contributed by atoms with Gasteiger partial charge < -0.3 is 10.1 Å². The van der Waals surface area contributed by atoms with Gasteiger partial charge in [0, 0.05) is 30.0 Å². The van der Waals surface area contributed by atoms with Gasteiger partial charge >= 0.3 is 0 Å². The highest BCUT2D eigenvalue weighted by Gasteiger charge is 2.50. The fourth-order valence-electron chi connectivity index (χ4n) is 5.40. The number of fused-ring (bicyclic) bond motifs is 2. The Morgan fingerprint density at radius 1 is 1.11 bits per heavy atom. The number of anilines is 1. The standard InChI is InChI=1S/C25H25ClF3NO4S/c1-2-7-34-13-14-8-15-3-4-16(9-14)24(15)35(32,33)22-10-17(5-6-19(22)26)25(31)30-18-11-20(27)23(29)21(28)12-18/h2,5-6,10-12,14-16,24H,1,3-4,7-9,13H2,(H,30,31)/t14?,15-,16?,24?/m0/s1. The van der Waals surface area contributed by atoms with E-state index in [9.17, 15) is 26.4 Å². The number of sulfone groups is 1. The third-order valence-electron chi connectivity index (χ3n) is 6.80. The minimum absolute atomic E-state index is 0.00346. The van der Waals surface area contributed by atoms with Gasteiger partial charge in [0.05, 0.1) is 21.8 Å². The van der Waals surface area contributed by atoms with E-state index < -0.39 is 38.4 Å². The van der Waals surface area contributed by atoms with Gasteiger partial charge in [-0.25, -0.2) is 21.6 Å². The molecular formula is C25H25ClF3NO4S. The fraction of sp³-hybridized carbons (Fsp3) is 0.400. The van der Waals surface area contributed by atoms with E-state index in [1.807, 2.05) is 0 Å². The number of carbonyl (C=O) groups excluding carboxylic acids is 1. The van der Waals surface area contributed by atoms with Gasteiger partial charge in [-0.05, 0) is 61.6 Å². The molecule has 2 aromatic rings. The number of benzene rings is 2. The summed E-state index contributed by atoms with van der Waals surface area (Å²) in [7, 11) is -3.86. The zero-order valence-electron chi connectivity index (χ0n) is 18.8. The van der Waals surface area contributed by atoms with Crippen molar-refractivity contribution in [3.63, 3.8) is 0 Å². The zero-order valence-corrected chi connectivity index (χ0v) is 20.3. The molecule has 2 aliphatic carbocycles. The lowest BCUT2D eigenvalue weighted by molar-refractivity contribution is 0.0906. The minimum Gasteiger partial charge on any atom is -0.377 e. The minimum atomic E-state index is -3.86. The van der Waals surface area contributed by atoms with Crippen molar-refractivity contribution in [1.29, 1.82) is 0 Å². The van der Waals surface area contributed by atoms with Crippen molar-refractivity contribution >= 4 is 33.0 Å². The van der Waals surface area contributed by atoms with Crippen LogP contribution in [0.1, 0.15) is 36.0 Å². The number of carbonyl (C=O) groups is 1. The van der Waals surface area contributed by atoms with E-state index in [2.05, 4.69) is 11.9 Å². The van der Waals surface area contributed by atoms with E-state index in [-0.39, 0.29) is 38.9 Å². The van der Waals surface area contributed by atoms with E-state index in [0.29, 0.717) is 25.3 Å². The van der Waals surface area contributed by atoms with Crippen LogP contribution < -0.4 is 5.32 Å². The summed E-state index contributed by atoms with van der Waals surface area (Å²) >= 11 is 6.27. The van der Waals surface area contributed by atoms with Crippen molar-refractivity contribution in [3.8, 4) is 0 Å². The number of halogens is 4. The maximum absolute atomic E-state index is 13.7. The number of rotatable bonds is 8. The predicted molar refractivity (Wildman–Crippen MR) is 127 cm³/mol. The molecule has 1 N–H and O–H groups in total. The molecule has 0 heterocycles. The molecule has 35 heavy (non-hydrogen) atoms. The van der Waals surface area contributed by atoms with E-state index in [1.54, 1.807) is 6.08 Å². The van der Waals surface area contributed by atoms with Gasteiger partial charge in [0.1, 0.15) is 0 Å². The Labute approximate surface area is 207 Å². The second kappa shape index (κ2) is 10.3. The lowest BCUT2D eigenvalue weighted by atomic mass is 9.81. The van der Waals surface area contributed by atoms with Crippen molar-refractivity contribution in [3.05, 3.63) is 71.0 Å². The highest BCUT2D eigenvalue weighted by atomic mass is 35.5. The first-order valence-electron chi connectivity index (χ1n) is 11.3. The molecule has 0 aromatic heterocycles. The van der Waals surface area contributed by atoms with Gasteiger partial charge in [-0.1, -0.05) is 17.7 Å². The molecule has 10 heteroatoms. The Bertz CT molecular complexity index is 1220. The van der Waals surface area contributed by atoms with Crippen molar-refractivity contribution in [2.24, 2.45) is 17.8 Å². The molecule has 2 fully saturated rings. The summed E-state index contributed by atoms with van der Waals surface area (Å²) in [5.74, 6) is -5.16. The first kappa shape index (κ1) is 25.7. The zero-order chi connectivity index (χ0) is 25.3. The topological polar surface area (TPSA) is 72.5 Å². The number of nitrogens with one attached hydrogen (secondary N) is 1. The summed E-state index contributed by atoms with van der Waals surface area (Å²) in [5, 5.41) is 1.65. The number of hydrogen-bond donors (Lipinski definition) is 1. The Morgan fingerprint density at radius 2 is 1.74 bits per heavy atom. The quantitative estimate of drug-likeness (QED) is 0.268. The van der Waals surface area contributed by atoms with Crippen LogP contribution in [-0.2, 0) is 14.6 Å². The third kappa shape index (κ3) is 5.27. The van der Waals surface area contributed by atoms with Crippen LogP contribution in [0.2, 0.25) is 5.02 Å². The summed E-state index contributed by atoms with van der Waals surface area (Å²) in [4.78, 5) is 12.5. The van der Waals surface area contributed by atoms with Gasteiger partial charge in [-0.2, -0.15) is 0 Å². The molecule has 3 unspecified atom stereocenters. The Balaban J connectivity index is 1.55. The van der Waals surface area contributed by atoms with E-state index in [1.165, 1.54) is 18.2 Å². The number of amides is 1. The summed E-state index contributed by atoms with van der Waals surface area (Å²) in [6, 6.07) is 5.08. The SMILES string of the molecule is C=CCOCC1CC2CC[C@@H](C1)C2S(=O)(=O)c1cc(C(=O)Nc2cc(F)c(F)c(F)c2)ccc1Cl. The van der Waals surface area contributed by atoms with Crippen LogP contribution in [0.15, 0.2) is 47.9 Å². The van der Waals surface area contributed by atoms with Gasteiger partial charge in [-0.3, -0.25) is 4.79 Å². The largest absolute Gasteiger partial charge is 0.377 e. The van der Waals surface area contributed by atoms with Crippen LogP contribution in [-0.4, -0.2) is 32.8 Å². The van der Waals surface area contributed by atoms with Crippen molar-refractivity contribution in [1.82, 2.24) is 0 Å². The first-order valence-corrected chi connectivity index (χ1v) is 13.2. The molecule has 2 saturated carbocycles. The van der Waals surface area contributed by atoms with E-state index >= 15 is 0 Å². The Hall–Kier alpha value is -2.36. The average molecular weight is 528 g/mol. The molecule has 4 rings (SSSR count). The smallest absolute Gasteiger partial charge is 0.255 e. The van der Waals surface area contributed by atoms with E-state index in [0.717, 1.165) is 25.7 Å². The molecule has 0 aliphatic heterocycles. The predicted octanol–water partition coefficient (Wildman–Crippen LogP) is 5.79. The molecule has 188 valence electrons. The fourth-order valence-corrected chi connectivity index (χ4v) is 8.27. The molecule has 5 nitrogen and oxygen atoms in total. The number of hydrogen-bond acceptors (Lipinski definition) is 4. The molecule has 0 spiro atoms. The molecule has 2 bridgehead atoms. The summed E-state index contributed by atoms with van der Waals surface area (Å²) in [6.07, 6.45) is 4.74. The molecule has 2 aromatic carbocycles. The molecule has 1 amide bonds. The number of ether oxygens (including phenoxy) is 1. The summed E-state index contributed by atoms with van der Waals surface area (Å²) in [6.45, 7) is 4.65. The molecule has 2 aliphatic rings. The van der Waals surface area contributed by atoms with Crippen LogP contribution in [0.4, 0.5) is 18.9 Å². The van der Waals surface area contributed by atoms with Gasteiger partial charge in [-0.15, -0.1) is 6.58 Å². The molecule has 4 atom stereocenters. The van der Waals surface area contributed by atoms with Crippen LogP contribution >= 0.6 is 11.6 Å². The van der Waals surface area contributed by atoms with Crippen molar-refractivity contribution < 1.29 is 31.1 Å². The summed E-state index contributed by atoms with van der Waals surface area (Å²) in [5.41, 5.74) is -0.363.